The summed E-state index contributed by atoms with van der Waals surface area (Å²) in [6.07, 6.45) is 0.847. The van der Waals surface area contributed by atoms with Crippen molar-refractivity contribution in [3.8, 4) is 11.3 Å². The Bertz CT molecular complexity index is 445. The van der Waals surface area contributed by atoms with Gasteiger partial charge in [-0.25, -0.2) is 0 Å². The van der Waals surface area contributed by atoms with Crippen LogP contribution in [-0.2, 0) is 6.42 Å². The van der Waals surface area contributed by atoms with Gasteiger partial charge >= 0.3 is 0 Å². The number of nitrogens with two attached hydrogens (primary N) is 1. The van der Waals surface area contributed by atoms with Crippen LogP contribution in [0.5, 0.6) is 0 Å². The number of hydrogen-bond donors (Lipinski definition) is 1. The Balaban J connectivity index is 2.57. The lowest BCUT2D eigenvalue weighted by Crippen LogP contribution is -1.89. The van der Waals surface area contributed by atoms with Crippen molar-refractivity contribution in [1.82, 2.24) is 5.16 Å². The molecular formula is C10H12N2OS. The van der Waals surface area contributed by atoms with E-state index in [9.17, 15) is 0 Å². The molecule has 0 fully saturated rings. The first-order chi connectivity index (χ1) is 6.74. The first-order valence-corrected chi connectivity index (χ1v) is 5.45. The summed E-state index contributed by atoms with van der Waals surface area (Å²) in [7, 11) is 0. The van der Waals surface area contributed by atoms with Crippen molar-refractivity contribution in [2.24, 2.45) is 0 Å². The quantitative estimate of drug-likeness (QED) is 0.825. The second-order valence-electron chi connectivity index (χ2n) is 3.20. The van der Waals surface area contributed by atoms with Crippen LogP contribution in [0.3, 0.4) is 0 Å². The smallest absolute Gasteiger partial charge is 0.225 e. The molecule has 74 valence electrons. The highest BCUT2D eigenvalue weighted by atomic mass is 32.1. The summed E-state index contributed by atoms with van der Waals surface area (Å²) in [5.41, 5.74) is 9.93. The zero-order chi connectivity index (χ0) is 10.1. The van der Waals surface area contributed by atoms with Gasteiger partial charge < -0.3 is 10.3 Å². The fourth-order valence-electron chi connectivity index (χ4n) is 1.48. The SMILES string of the molecule is CCc1c(-c2cscc2C)noc1N. The molecule has 3 nitrogen and oxygen atoms in total. The monoisotopic (exact) mass is 208 g/mol. The highest BCUT2D eigenvalue weighted by Gasteiger charge is 2.15. The van der Waals surface area contributed by atoms with E-state index in [1.54, 1.807) is 11.3 Å². The predicted octanol–water partition coefficient (Wildman–Crippen LogP) is 2.86. The van der Waals surface area contributed by atoms with Crippen molar-refractivity contribution in [2.75, 3.05) is 5.73 Å². The second kappa shape index (κ2) is 3.46. The van der Waals surface area contributed by atoms with E-state index in [0.717, 1.165) is 23.2 Å². The van der Waals surface area contributed by atoms with Crippen molar-refractivity contribution in [1.29, 1.82) is 0 Å². The molecule has 2 N–H and O–H groups in total. The number of hydrogen-bond acceptors (Lipinski definition) is 4. The summed E-state index contributed by atoms with van der Waals surface area (Å²) in [6.45, 7) is 4.12. The van der Waals surface area contributed by atoms with Crippen LogP contribution in [0.15, 0.2) is 15.3 Å². The fraction of sp³-hybridized carbons (Fsp3) is 0.300. The van der Waals surface area contributed by atoms with Crippen LogP contribution in [0.1, 0.15) is 18.1 Å². The van der Waals surface area contributed by atoms with Crippen molar-refractivity contribution in [2.45, 2.75) is 20.3 Å². The second-order valence-corrected chi connectivity index (χ2v) is 3.94. The molecule has 0 saturated carbocycles. The van der Waals surface area contributed by atoms with Gasteiger partial charge in [0.15, 0.2) is 0 Å². The molecule has 2 heterocycles. The van der Waals surface area contributed by atoms with E-state index in [4.69, 9.17) is 10.3 Å². The van der Waals surface area contributed by atoms with E-state index in [1.807, 2.05) is 6.92 Å². The fourth-order valence-corrected chi connectivity index (χ4v) is 2.31. The minimum absolute atomic E-state index is 0.438. The molecule has 14 heavy (non-hydrogen) atoms. The first kappa shape index (κ1) is 9.27. The van der Waals surface area contributed by atoms with Crippen molar-refractivity contribution in [3.63, 3.8) is 0 Å². The molecule has 0 aliphatic heterocycles. The number of thiophene rings is 1. The van der Waals surface area contributed by atoms with Crippen molar-refractivity contribution < 1.29 is 4.52 Å². The maximum Gasteiger partial charge on any atom is 0.225 e. The third-order valence-electron chi connectivity index (χ3n) is 2.28. The number of anilines is 1. The molecule has 2 rings (SSSR count). The minimum Gasteiger partial charge on any atom is -0.367 e. The molecule has 0 bridgehead atoms. The van der Waals surface area contributed by atoms with Gasteiger partial charge in [-0.05, 0) is 24.3 Å². The lowest BCUT2D eigenvalue weighted by atomic mass is 10.1. The van der Waals surface area contributed by atoms with Crippen LogP contribution in [-0.4, -0.2) is 5.16 Å². The van der Waals surface area contributed by atoms with Gasteiger partial charge in [0.1, 0.15) is 5.69 Å². The van der Waals surface area contributed by atoms with Crippen LogP contribution in [0, 0.1) is 6.92 Å². The Morgan fingerprint density at radius 2 is 2.29 bits per heavy atom. The zero-order valence-electron chi connectivity index (χ0n) is 8.20. The summed E-state index contributed by atoms with van der Waals surface area (Å²) in [5.74, 6) is 0.438. The maximum absolute atomic E-state index is 5.68. The summed E-state index contributed by atoms with van der Waals surface area (Å²) in [6, 6.07) is 0. The van der Waals surface area contributed by atoms with Gasteiger partial charge in [0.2, 0.25) is 5.88 Å². The number of rotatable bonds is 2. The van der Waals surface area contributed by atoms with Crippen LogP contribution in [0.4, 0.5) is 5.88 Å². The lowest BCUT2D eigenvalue weighted by molar-refractivity contribution is 0.438. The standard InChI is InChI=1S/C10H12N2OS/c1-3-7-9(12-13-10(7)11)8-5-14-4-6(8)2/h4-5H,3,11H2,1-2H3. The van der Waals surface area contributed by atoms with Crippen molar-refractivity contribution in [3.05, 3.63) is 21.9 Å². The van der Waals surface area contributed by atoms with Crippen LogP contribution in [0.25, 0.3) is 11.3 Å². The summed E-state index contributed by atoms with van der Waals surface area (Å²) < 4.78 is 5.00. The first-order valence-electron chi connectivity index (χ1n) is 4.51. The Kier molecular flexibility index (Phi) is 2.29. The van der Waals surface area contributed by atoms with E-state index in [1.165, 1.54) is 5.56 Å². The largest absolute Gasteiger partial charge is 0.367 e. The molecular weight excluding hydrogens is 196 g/mol. The Morgan fingerprint density at radius 1 is 1.50 bits per heavy atom. The van der Waals surface area contributed by atoms with Crippen LogP contribution >= 0.6 is 11.3 Å². The third kappa shape index (κ3) is 1.32. The molecule has 0 amide bonds. The van der Waals surface area contributed by atoms with Gasteiger partial charge in [0.25, 0.3) is 0 Å². The van der Waals surface area contributed by atoms with Crippen LogP contribution < -0.4 is 5.73 Å². The predicted molar refractivity (Wildman–Crippen MR) is 58.3 cm³/mol. The lowest BCUT2D eigenvalue weighted by Gasteiger charge is -1.97. The van der Waals surface area contributed by atoms with Crippen LogP contribution in [0.2, 0.25) is 0 Å². The molecule has 0 aliphatic carbocycles. The summed E-state index contributed by atoms with van der Waals surface area (Å²) >= 11 is 1.67. The number of aromatic nitrogens is 1. The number of aryl methyl sites for hydroxylation is 1. The van der Waals surface area contributed by atoms with E-state index in [2.05, 4.69) is 22.8 Å². The van der Waals surface area contributed by atoms with Gasteiger partial charge in [-0.2, -0.15) is 11.3 Å². The molecule has 0 atom stereocenters. The molecule has 2 aromatic rings. The van der Waals surface area contributed by atoms with Gasteiger partial charge in [-0.1, -0.05) is 12.1 Å². The number of nitrogens with zero attached hydrogens (tertiary/aromatic N) is 1. The van der Waals surface area contributed by atoms with Crippen molar-refractivity contribution >= 4 is 17.2 Å². The highest BCUT2D eigenvalue weighted by molar-refractivity contribution is 7.08. The Hall–Kier alpha value is -1.29. The maximum atomic E-state index is 5.68. The van der Waals surface area contributed by atoms with Gasteiger partial charge in [0.05, 0.1) is 0 Å². The van der Waals surface area contributed by atoms with E-state index >= 15 is 0 Å². The molecule has 0 spiro atoms. The molecule has 0 unspecified atom stereocenters. The van der Waals surface area contributed by atoms with E-state index < -0.39 is 0 Å². The average molecular weight is 208 g/mol. The average Bonchev–Trinajstić information content (AvgIpc) is 2.71. The minimum atomic E-state index is 0.438. The topological polar surface area (TPSA) is 52.0 Å². The highest BCUT2D eigenvalue weighted by Crippen LogP contribution is 2.31. The van der Waals surface area contributed by atoms with E-state index in [-0.39, 0.29) is 0 Å². The zero-order valence-corrected chi connectivity index (χ0v) is 9.02. The molecule has 0 radical (unpaired) electrons. The molecule has 0 aliphatic rings. The number of nitrogen functional groups attached to an aromatic ring is 1. The Labute approximate surface area is 86.5 Å². The molecule has 4 heteroatoms. The molecule has 2 aromatic heterocycles. The summed E-state index contributed by atoms with van der Waals surface area (Å²) in [4.78, 5) is 0. The summed E-state index contributed by atoms with van der Waals surface area (Å²) in [5, 5.41) is 8.17. The van der Waals surface area contributed by atoms with Gasteiger partial charge in [-0.15, -0.1) is 0 Å². The van der Waals surface area contributed by atoms with E-state index in [0.29, 0.717) is 5.88 Å². The Morgan fingerprint density at radius 3 is 2.86 bits per heavy atom. The molecule has 0 saturated heterocycles. The van der Waals surface area contributed by atoms with Gasteiger partial charge in [-0.3, -0.25) is 0 Å². The normalized spacial score (nSPS) is 10.7. The molecule has 0 aromatic carbocycles. The third-order valence-corrected chi connectivity index (χ3v) is 3.14. The van der Waals surface area contributed by atoms with Gasteiger partial charge in [0, 0.05) is 16.5 Å².